The first-order valence-corrected chi connectivity index (χ1v) is 5.31. The number of nitrogens with zero attached hydrogens (tertiary/aromatic N) is 2. The molecule has 0 spiro atoms. The van der Waals surface area contributed by atoms with E-state index >= 15 is 0 Å². The van der Waals surface area contributed by atoms with E-state index in [0.29, 0.717) is 5.89 Å². The first-order chi connectivity index (χ1) is 6.88. The van der Waals surface area contributed by atoms with Crippen LogP contribution in [0, 0.1) is 5.92 Å². The van der Waals surface area contributed by atoms with E-state index in [2.05, 4.69) is 10.1 Å². The zero-order valence-electron chi connectivity index (χ0n) is 8.28. The second-order valence-corrected chi connectivity index (χ2v) is 3.93. The first kappa shape index (κ1) is 9.65. The molecule has 4 nitrogen and oxygen atoms in total. The molecule has 14 heavy (non-hydrogen) atoms. The summed E-state index contributed by atoms with van der Waals surface area (Å²) in [4.78, 5) is 4.30. The highest BCUT2D eigenvalue weighted by molar-refractivity contribution is 4.91. The van der Waals surface area contributed by atoms with E-state index in [9.17, 15) is 0 Å². The molecule has 0 aromatic carbocycles. The molecule has 0 saturated heterocycles. The highest BCUT2D eigenvalue weighted by Crippen LogP contribution is 2.31. The van der Waals surface area contributed by atoms with Crippen LogP contribution in [0.25, 0.3) is 0 Å². The van der Waals surface area contributed by atoms with Gasteiger partial charge in [0, 0.05) is 19.4 Å². The summed E-state index contributed by atoms with van der Waals surface area (Å²) in [5.74, 6) is 2.37. The summed E-state index contributed by atoms with van der Waals surface area (Å²) in [6, 6.07) is 0. The lowest BCUT2D eigenvalue weighted by Crippen LogP contribution is -1.92. The van der Waals surface area contributed by atoms with Gasteiger partial charge in [-0.2, -0.15) is 4.98 Å². The molecule has 78 valence electrons. The van der Waals surface area contributed by atoms with Crippen LogP contribution in [-0.2, 0) is 12.8 Å². The second-order valence-electron chi connectivity index (χ2n) is 3.93. The standard InChI is InChI=1S/C10H16N2O2/c13-6-2-1-3-10-11-9(12-14-10)7-8-4-5-8/h8,13H,1-7H2. The van der Waals surface area contributed by atoms with Crippen LogP contribution in [0.1, 0.15) is 37.4 Å². The Morgan fingerprint density at radius 2 is 2.21 bits per heavy atom. The van der Waals surface area contributed by atoms with Crippen molar-refractivity contribution >= 4 is 0 Å². The van der Waals surface area contributed by atoms with Crippen molar-refractivity contribution in [3.05, 3.63) is 11.7 Å². The Morgan fingerprint density at radius 1 is 1.36 bits per heavy atom. The third-order valence-electron chi connectivity index (χ3n) is 2.48. The number of rotatable bonds is 6. The van der Waals surface area contributed by atoms with Crippen LogP contribution >= 0.6 is 0 Å². The average molecular weight is 196 g/mol. The van der Waals surface area contributed by atoms with Crippen LogP contribution in [0.4, 0.5) is 0 Å². The number of aryl methyl sites for hydroxylation is 1. The number of hydrogen-bond acceptors (Lipinski definition) is 4. The van der Waals surface area contributed by atoms with Crippen molar-refractivity contribution < 1.29 is 9.63 Å². The first-order valence-electron chi connectivity index (χ1n) is 5.31. The van der Waals surface area contributed by atoms with Crippen LogP contribution in [0.2, 0.25) is 0 Å². The SMILES string of the molecule is OCCCCc1nc(CC2CC2)no1. The predicted molar refractivity (Wildman–Crippen MR) is 50.7 cm³/mol. The van der Waals surface area contributed by atoms with Gasteiger partial charge in [-0.25, -0.2) is 0 Å². The summed E-state index contributed by atoms with van der Waals surface area (Å²) in [7, 11) is 0. The normalized spacial score (nSPS) is 16.1. The molecule has 1 saturated carbocycles. The molecule has 0 radical (unpaired) electrons. The molecule has 1 N–H and O–H groups in total. The zero-order chi connectivity index (χ0) is 9.80. The molecule has 1 fully saturated rings. The fraction of sp³-hybridized carbons (Fsp3) is 0.800. The lowest BCUT2D eigenvalue weighted by Gasteiger charge is -1.91. The molecule has 2 rings (SSSR count). The van der Waals surface area contributed by atoms with Crippen LogP contribution in [-0.4, -0.2) is 21.9 Å². The molecular weight excluding hydrogens is 180 g/mol. The highest BCUT2D eigenvalue weighted by atomic mass is 16.5. The van der Waals surface area contributed by atoms with E-state index in [1.165, 1.54) is 12.8 Å². The third-order valence-corrected chi connectivity index (χ3v) is 2.48. The molecule has 4 heteroatoms. The zero-order valence-corrected chi connectivity index (χ0v) is 8.28. The van der Waals surface area contributed by atoms with Crippen molar-refractivity contribution in [2.75, 3.05) is 6.61 Å². The maximum atomic E-state index is 8.61. The van der Waals surface area contributed by atoms with Crippen molar-refractivity contribution in [2.45, 2.75) is 38.5 Å². The Bertz CT molecular complexity index is 281. The third kappa shape index (κ3) is 2.80. The van der Waals surface area contributed by atoms with Crippen LogP contribution in [0.15, 0.2) is 4.52 Å². The van der Waals surface area contributed by atoms with Gasteiger partial charge in [-0.1, -0.05) is 5.16 Å². The van der Waals surface area contributed by atoms with Gasteiger partial charge >= 0.3 is 0 Å². The van der Waals surface area contributed by atoms with E-state index < -0.39 is 0 Å². The quantitative estimate of drug-likeness (QED) is 0.697. The Labute approximate surface area is 83.3 Å². The molecule has 1 aromatic rings. The topological polar surface area (TPSA) is 59.2 Å². The molecule has 1 heterocycles. The van der Waals surface area contributed by atoms with E-state index in [1.54, 1.807) is 0 Å². The second kappa shape index (κ2) is 4.55. The van der Waals surface area contributed by atoms with Gasteiger partial charge in [-0.15, -0.1) is 0 Å². The fourth-order valence-corrected chi connectivity index (χ4v) is 1.44. The Kier molecular flexibility index (Phi) is 3.14. The smallest absolute Gasteiger partial charge is 0.226 e. The van der Waals surface area contributed by atoms with E-state index in [4.69, 9.17) is 9.63 Å². The summed E-state index contributed by atoms with van der Waals surface area (Å²) in [6.45, 7) is 0.239. The van der Waals surface area contributed by atoms with Crippen molar-refractivity contribution in [1.82, 2.24) is 10.1 Å². The minimum absolute atomic E-state index is 0.239. The Morgan fingerprint density at radius 3 is 2.93 bits per heavy atom. The predicted octanol–water partition coefficient (Wildman–Crippen LogP) is 1.34. The van der Waals surface area contributed by atoms with Crippen molar-refractivity contribution in [3.8, 4) is 0 Å². The van der Waals surface area contributed by atoms with Crippen molar-refractivity contribution in [1.29, 1.82) is 0 Å². The molecular formula is C10H16N2O2. The molecule has 0 amide bonds. The van der Waals surface area contributed by atoms with Gasteiger partial charge < -0.3 is 9.63 Å². The summed E-state index contributed by atoms with van der Waals surface area (Å²) in [5.41, 5.74) is 0. The molecule has 1 aliphatic carbocycles. The number of unbranched alkanes of at least 4 members (excludes halogenated alkanes) is 1. The van der Waals surface area contributed by atoms with Gasteiger partial charge in [0.25, 0.3) is 0 Å². The number of hydrogen-bond donors (Lipinski definition) is 1. The van der Waals surface area contributed by atoms with E-state index in [1.807, 2.05) is 0 Å². The summed E-state index contributed by atoms with van der Waals surface area (Å²) < 4.78 is 5.10. The molecule has 0 aliphatic heterocycles. The van der Waals surface area contributed by atoms with Gasteiger partial charge in [0.15, 0.2) is 5.82 Å². The Hall–Kier alpha value is -0.900. The maximum Gasteiger partial charge on any atom is 0.226 e. The maximum absolute atomic E-state index is 8.61. The fourth-order valence-electron chi connectivity index (χ4n) is 1.44. The Balaban J connectivity index is 1.76. The molecule has 1 aromatic heterocycles. The minimum Gasteiger partial charge on any atom is -0.396 e. The lowest BCUT2D eigenvalue weighted by atomic mass is 10.2. The van der Waals surface area contributed by atoms with Crippen molar-refractivity contribution in [2.24, 2.45) is 5.92 Å². The van der Waals surface area contributed by atoms with E-state index in [0.717, 1.165) is 37.4 Å². The molecule has 1 aliphatic rings. The molecule has 0 unspecified atom stereocenters. The molecule has 0 atom stereocenters. The van der Waals surface area contributed by atoms with Gasteiger partial charge in [0.2, 0.25) is 5.89 Å². The van der Waals surface area contributed by atoms with Gasteiger partial charge in [-0.05, 0) is 31.6 Å². The summed E-state index contributed by atoms with van der Waals surface area (Å²) in [6.07, 6.45) is 6.12. The number of aromatic nitrogens is 2. The monoisotopic (exact) mass is 196 g/mol. The summed E-state index contributed by atoms with van der Waals surface area (Å²) >= 11 is 0. The van der Waals surface area contributed by atoms with Gasteiger partial charge in [-0.3, -0.25) is 0 Å². The van der Waals surface area contributed by atoms with Gasteiger partial charge in [0.1, 0.15) is 0 Å². The number of aliphatic hydroxyl groups is 1. The lowest BCUT2D eigenvalue weighted by molar-refractivity contribution is 0.280. The molecule has 0 bridgehead atoms. The average Bonchev–Trinajstić information content (AvgIpc) is 2.87. The highest BCUT2D eigenvalue weighted by Gasteiger charge is 2.23. The van der Waals surface area contributed by atoms with Crippen LogP contribution < -0.4 is 0 Å². The van der Waals surface area contributed by atoms with E-state index in [-0.39, 0.29) is 6.61 Å². The van der Waals surface area contributed by atoms with Gasteiger partial charge in [0.05, 0.1) is 0 Å². The van der Waals surface area contributed by atoms with Crippen molar-refractivity contribution in [3.63, 3.8) is 0 Å². The van der Waals surface area contributed by atoms with Crippen LogP contribution in [0.3, 0.4) is 0 Å². The summed E-state index contributed by atoms with van der Waals surface area (Å²) in [5, 5.41) is 12.5. The largest absolute Gasteiger partial charge is 0.396 e. The minimum atomic E-state index is 0.239. The van der Waals surface area contributed by atoms with Crippen LogP contribution in [0.5, 0.6) is 0 Å². The number of aliphatic hydroxyl groups excluding tert-OH is 1.